The van der Waals surface area contributed by atoms with Crippen LogP contribution in [0.25, 0.3) is 0 Å². The smallest absolute Gasteiger partial charge is 0.00929 e. The van der Waals surface area contributed by atoms with Crippen molar-refractivity contribution in [3.05, 3.63) is 0 Å². The van der Waals surface area contributed by atoms with Gasteiger partial charge in [0.15, 0.2) is 0 Å². The van der Waals surface area contributed by atoms with Crippen molar-refractivity contribution in [3.8, 4) is 0 Å². The van der Waals surface area contributed by atoms with Gasteiger partial charge in [0.25, 0.3) is 0 Å². The second kappa shape index (κ2) is 16.3. The van der Waals surface area contributed by atoms with Crippen LogP contribution in [-0.4, -0.2) is 24.3 Å². The summed E-state index contributed by atoms with van der Waals surface area (Å²) in [5.74, 6) is 0.807. The lowest BCUT2D eigenvalue weighted by Crippen LogP contribution is -2.33. The van der Waals surface area contributed by atoms with Gasteiger partial charge in [0.05, 0.1) is 0 Å². The van der Waals surface area contributed by atoms with Gasteiger partial charge in [-0.15, -0.1) is 0 Å². The summed E-state index contributed by atoms with van der Waals surface area (Å²) < 4.78 is 0. The van der Waals surface area contributed by atoms with Crippen LogP contribution in [0, 0.1) is 5.92 Å². The highest BCUT2D eigenvalue weighted by Crippen LogP contribution is 2.03. The third kappa shape index (κ3) is 31.5. The lowest BCUT2D eigenvalue weighted by molar-refractivity contribution is 0.194. The first kappa shape index (κ1) is 20.3. The largest absolute Gasteiger partial charge is 0.317 e. The molecule has 0 bridgehead atoms. The second-order valence-electron chi connectivity index (χ2n) is 4.08. The Balaban J connectivity index is -0.000000245. The van der Waals surface area contributed by atoms with Crippen LogP contribution < -0.4 is 10.8 Å². The summed E-state index contributed by atoms with van der Waals surface area (Å²) in [6.07, 6.45) is 1.28. The highest BCUT2D eigenvalue weighted by molar-refractivity contribution is 4.64. The van der Waals surface area contributed by atoms with Gasteiger partial charge in [-0.25, -0.2) is 5.48 Å². The molecular formula is C12H32N2O. The van der Waals surface area contributed by atoms with Gasteiger partial charge in [-0.2, -0.15) is 0 Å². The summed E-state index contributed by atoms with van der Waals surface area (Å²) in [6.45, 7) is 15.2. The number of hydrogen-bond donors (Lipinski definition) is 3. The van der Waals surface area contributed by atoms with Gasteiger partial charge in [0.1, 0.15) is 0 Å². The zero-order valence-electron chi connectivity index (χ0n) is 11.9. The van der Waals surface area contributed by atoms with E-state index in [0.29, 0.717) is 12.1 Å². The Hall–Kier alpha value is -0.120. The number of hydroxylamine groups is 1. The van der Waals surface area contributed by atoms with Gasteiger partial charge >= 0.3 is 0 Å². The Morgan fingerprint density at radius 2 is 1.33 bits per heavy atom. The van der Waals surface area contributed by atoms with Crippen LogP contribution in [0.3, 0.4) is 0 Å². The van der Waals surface area contributed by atoms with Crippen molar-refractivity contribution in [2.24, 2.45) is 5.92 Å². The number of hydrogen-bond acceptors (Lipinski definition) is 3. The molecule has 0 aliphatic heterocycles. The molecule has 1 atom stereocenters. The van der Waals surface area contributed by atoms with Crippen LogP contribution in [0.15, 0.2) is 0 Å². The van der Waals surface area contributed by atoms with E-state index in [1.807, 2.05) is 13.8 Å². The van der Waals surface area contributed by atoms with Gasteiger partial charge in [-0.05, 0) is 19.3 Å². The first-order valence-corrected chi connectivity index (χ1v) is 6.00. The van der Waals surface area contributed by atoms with Crippen molar-refractivity contribution >= 4 is 0 Å². The van der Waals surface area contributed by atoms with E-state index in [0.717, 1.165) is 5.92 Å². The minimum Gasteiger partial charge on any atom is -0.317 e. The minimum absolute atomic E-state index is 0.619. The predicted molar refractivity (Wildman–Crippen MR) is 69.4 cm³/mol. The molecule has 0 aliphatic carbocycles. The maximum absolute atomic E-state index is 7.32. The van der Waals surface area contributed by atoms with E-state index in [2.05, 4.69) is 39.9 Å². The molecule has 0 aromatic carbocycles. The van der Waals surface area contributed by atoms with E-state index in [9.17, 15) is 0 Å². The Bertz CT molecular complexity index is 85.6. The molecule has 3 heteroatoms. The van der Waals surface area contributed by atoms with E-state index in [-0.39, 0.29) is 0 Å². The Morgan fingerprint density at radius 1 is 1.00 bits per heavy atom. The van der Waals surface area contributed by atoms with Crippen LogP contribution >= 0.6 is 0 Å². The molecule has 0 saturated heterocycles. The normalized spacial score (nSPS) is 11.4. The average Bonchev–Trinajstić information content (AvgIpc) is 2.05. The van der Waals surface area contributed by atoms with Crippen LogP contribution in [0.5, 0.6) is 0 Å². The summed E-state index contributed by atoms with van der Waals surface area (Å²) in [5, 5.41) is 10.8. The summed E-state index contributed by atoms with van der Waals surface area (Å²) in [5.41, 5.74) is 1.75. The fourth-order valence-corrected chi connectivity index (χ4v) is 1.34. The summed E-state index contributed by atoms with van der Waals surface area (Å²) in [6, 6.07) is 1.29. The first-order chi connectivity index (χ1) is 6.93. The molecule has 3 nitrogen and oxygen atoms in total. The summed E-state index contributed by atoms with van der Waals surface area (Å²) >= 11 is 0. The molecule has 1 unspecified atom stereocenters. The van der Waals surface area contributed by atoms with Crippen LogP contribution in [0.1, 0.15) is 54.9 Å². The van der Waals surface area contributed by atoms with E-state index < -0.39 is 0 Å². The number of nitrogens with one attached hydrogen (secondary N) is 2. The average molecular weight is 220 g/mol. The topological polar surface area (TPSA) is 44.3 Å². The van der Waals surface area contributed by atoms with Crippen LogP contribution in [0.2, 0.25) is 0 Å². The van der Waals surface area contributed by atoms with Crippen molar-refractivity contribution in [2.75, 3.05) is 7.05 Å². The fourth-order valence-electron chi connectivity index (χ4n) is 1.34. The Kier molecular flexibility index (Phi) is 22.1. The molecule has 0 saturated carbocycles. The third-order valence-corrected chi connectivity index (χ3v) is 1.44. The van der Waals surface area contributed by atoms with E-state index in [1.54, 1.807) is 5.48 Å². The molecule has 96 valence electrons. The molecule has 0 radical (unpaired) electrons. The summed E-state index contributed by atoms with van der Waals surface area (Å²) in [7, 11) is 1.43. The molecule has 0 amide bonds. The van der Waals surface area contributed by atoms with Gasteiger partial charge < -0.3 is 10.5 Å². The fraction of sp³-hybridized carbons (Fsp3) is 1.00. The van der Waals surface area contributed by atoms with Crippen molar-refractivity contribution in [3.63, 3.8) is 0 Å². The standard InChI is InChI=1S/C9H21N.C2H6.CH5NO/c1-7(2)6-9(5)10-8(3)4;1-2;1-2-3/h7-10H,6H2,1-5H3;1-2H3;2-3H,1H3. The van der Waals surface area contributed by atoms with Gasteiger partial charge in [0.2, 0.25) is 0 Å². The molecule has 0 rings (SSSR count). The quantitative estimate of drug-likeness (QED) is 0.638. The molecule has 0 heterocycles. The van der Waals surface area contributed by atoms with Gasteiger partial charge in [-0.3, -0.25) is 0 Å². The monoisotopic (exact) mass is 220 g/mol. The summed E-state index contributed by atoms with van der Waals surface area (Å²) in [4.78, 5) is 0. The SMILES string of the molecule is CC.CC(C)CC(C)NC(C)C.CNO. The lowest BCUT2D eigenvalue weighted by atomic mass is 10.0. The molecule has 0 aromatic heterocycles. The minimum atomic E-state index is 0.619. The van der Waals surface area contributed by atoms with Crippen molar-refractivity contribution < 1.29 is 5.21 Å². The molecule has 15 heavy (non-hydrogen) atoms. The zero-order chi connectivity index (χ0) is 12.9. The Labute approximate surface area is 96.6 Å². The molecule has 0 fully saturated rings. The Morgan fingerprint density at radius 3 is 1.53 bits per heavy atom. The highest BCUT2D eigenvalue weighted by atomic mass is 16.5. The van der Waals surface area contributed by atoms with Gasteiger partial charge in [0, 0.05) is 19.1 Å². The van der Waals surface area contributed by atoms with Gasteiger partial charge in [-0.1, -0.05) is 41.5 Å². The first-order valence-electron chi connectivity index (χ1n) is 6.00. The molecule has 0 spiro atoms. The van der Waals surface area contributed by atoms with Crippen molar-refractivity contribution in [2.45, 2.75) is 67.0 Å². The zero-order valence-corrected chi connectivity index (χ0v) is 11.9. The third-order valence-electron chi connectivity index (χ3n) is 1.44. The number of rotatable bonds is 4. The molecular weight excluding hydrogens is 188 g/mol. The van der Waals surface area contributed by atoms with Crippen molar-refractivity contribution in [1.29, 1.82) is 0 Å². The van der Waals surface area contributed by atoms with E-state index in [4.69, 9.17) is 5.21 Å². The maximum Gasteiger partial charge on any atom is 0.00929 e. The molecule has 0 aromatic rings. The second-order valence-corrected chi connectivity index (χ2v) is 4.08. The maximum atomic E-state index is 7.32. The lowest BCUT2D eigenvalue weighted by Gasteiger charge is -2.18. The van der Waals surface area contributed by atoms with E-state index in [1.165, 1.54) is 13.5 Å². The molecule has 3 N–H and O–H groups in total. The van der Waals surface area contributed by atoms with Crippen LogP contribution in [-0.2, 0) is 0 Å². The molecule has 0 aliphatic rings. The highest BCUT2D eigenvalue weighted by Gasteiger charge is 2.04. The van der Waals surface area contributed by atoms with Crippen molar-refractivity contribution in [1.82, 2.24) is 10.8 Å². The predicted octanol–water partition coefficient (Wildman–Crippen LogP) is 3.04. The van der Waals surface area contributed by atoms with Crippen LogP contribution in [0.4, 0.5) is 0 Å². The van der Waals surface area contributed by atoms with E-state index >= 15 is 0 Å².